The smallest absolute Gasteiger partial charge is 0.303 e. The molecule has 1 amide bonds. The Hall–Kier alpha value is -1.16. The van der Waals surface area contributed by atoms with Crippen molar-refractivity contribution in [3.63, 3.8) is 0 Å². The van der Waals surface area contributed by atoms with Gasteiger partial charge in [-0.15, -0.1) is 11.3 Å². The van der Waals surface area contributed by atoms with Gasteiger partial charge >= 0.3 is 5.97 Å². The van der Waals surface area contributed by atoms with Gasteiger partial charge in [-0.25, -0.2) is 8.42 Å². The lowest BCUT2D eigenvalue weighted by Crippen LogP contribution is -2.50. The second kappa shape index (κ2) is 7.81. The third-order valence-corrected chi connectivity index (χ3v) is 7.38. The average Bonchev–Trinajstić information content (AvgIpc) is 2.93. The van der Waals surface area contributed by atoms with Gasteiger partial charge in [-0.1, -0.05) is 18.5 Å². The second-order valence-corrected chi connectivity index (χ2v) is 9.63. The molecule has 2 rings (SSSR count). The molecule has 0 aromatic carbocycles. The van der Waals surface area contributed by atoms with Crippen molar-refractivity contribution >= 4 is 44.8 Å². The van der Waals surface area contributed by atoms with Gasteiger partial charge in [0, 0.05) is 39.0 Å². The van der Waals surface area contributed by atoms with E-state index in [1.807, 2.05) is 0 Å². The number of halogens is 1. The predicted molar refractivity (Wildman–Crippen MR) is 90.7 cm³/mol. The molecule has 1 aromatic rings. The van der Waals surface area contributed by atoms with Gasteiger partial charge in [0.1, 0.15) is 4.21 Å². The molecule has 10 heteroatoms. The number of hydrogen-bond donors (Lipinski definition) is 1. The molecule has 0 radical (unpaired) electrons. The lowest BCUT2D eigenvalue weighted by Gasteiger charge is -2.34. The molecule has 1 aliphatic rings. The number of carbonyl (C=O) groups excluding carboxylic acids is 1. The van der Waals surface area contributed by atoms with E-state index in [1.54, 1.807) is 17.9 Å². The first-order chi connectivity index (χ1) is 11.2. The molecule has 1 fully saturated rings. The van der Waals surface area contributed by atoms with Crippen molar-refractivity contribution in [1.82, 2.24) is 9.21 Å². The molecular formula is C14H19ClN2O5S2. The van der Waals surface area contributed by atoms with Gasteiger partial charge in [0.05, 0.1) is 4.34 Å². The number of thiophene rings is 1. The van der Waals surface area contributed by atoms with Crippen LogP contribution in [0, 0.1) is 5.92 Å². The van der Waals surface area contributed by atoms with E-state index in [4.69, 9.17) is 16.7 Å². The Bertz CT molecular complexity index is 711. The van der Waals surface area contributed by atoms with Crippen LogP contribution >= 0.6 is 22.9 Å². The number of rotatable bonds is 6. The Kier molecular flexibility index (Phi) is 6.24. The van der Waals surface area contributed by atoms with Crippen molar-refractivity contribution in [2.75, 3.05) is 26.2 Å². The fraction of sp³-hybridized carbons (Fsp3) is 0.571. The molecule has 1 atom stereocenters. The summed E-state index contributed by atoms with van der Waals surface area (Å²) in [6, 6.07) is 3.02. The van der Waals surface area contributed by atoms with E-state index >= 15 is 0 Å². The van der Waals surface area contributed by atoms with Gasteiger partial charge in [0.15, 0.2) is 0 Å². The molecule has 0 aliphatic carbocycles. The molecule has 134 valence electrons. The third-order valence-electron chi connectivity index (χ3n) is 3.78. The summed E-state index contributed by atoms with van der Waals surface area (Å²) in [5, 5.41) is 8.73. The van der Waals surface area contributed by atoms with Gasteiger partial charge in [-0.3, -0.25) is 9.59 Å². The van der Waals surface area contributed by atoms with Crippen molar-refractivity contribution < 1.29 is 23.1 Å². The Labute approximate surface area is 149 Å². The van der Waals surface area contributed by atoms with Crippen LogP contribution in [0.2, 0.25) is 4.34 Å². The SMILES string of the molecule is C[C@@H](CC(=O)O)CC(=O)N1CCN(S(=O)(=O)c2ccc(Cl)s2)CC1. The van der Waals surface area contributed by atoms with Gasteiger partial charge < -0.3 is 10.0 Å². The van der Waals surface area contributed by atoms with Crippen molar-refractivity contribution in [2.24, 2.45) is 5.92 Å². The van der Waals surface area contributed by atoms with E-state index in [2.05, 4.69) is 0 Å². The summed E-state index contributed by atoms with van der Waals surface area (Å²) in [6.45, 7) is 2.76. The van der Waals surface area contributed by atoms with E-state index in [1.165, 1.54) is 10.4 Å². The largest absolute Gasteiger partial charge is 0.481 e. The van der Waals surface area contributed by atoms with Crippen LogP contribution in [-0.4, -0.2) is 60.8 Å². The van der Waals surface area contributed by atoms with Crippen molar-refractivity contribution in [2.45, 2.75) is 24.0 Å². The second-order valence-electron chi connectivity index (χ2n) is 5.75. The maximum atomic E-state index is 12.5. The summed E-state index contributed by atoms with van der Waals surface area (Å²) in [5.74, 6) is -1.31. The van der Waals surface area contributed by atoms with Gasteiger partial charge in [0.2, 0.25) is 5.91 Å². The van der Waals surface area contributed by atoms with Crippen LogP contribution in [-0.2, 0) is 19.6 Å². The summed E-state index contributed by atoms with van der Waals surface area (Å²) in [6.07, 6.45) is 0.0960. The number of carboxylic acid groups (broad SMARTS) is 1. The fourth-order valence-corrected chi connectivity index (χ4v) is 5.60. The maximum absolute atomic E-state index is 12.5. The molecule has 7 nitrogen and oxygen atoms in total. The van der Waals surface area contributed by atoms with Gasteiger partial charge in [-0.05, 0) is 18.1 Å². The van der Waals surface area contributed by atoms with E-state index in [-0.39, 0.29) is 42.0 Å². The van der Waals surface area contributed by atoms with Crippen molar-refractivity contribution in [3.8, 4) is 0 Å². The van der Waals surface area contributed by atoms with Gasteiger partial charge in [-0.2, -0.15) is 4.31 Å². The monoisotopic (exact) mass is 394 g/mol. The summed E-state index contributed by atoms with van der Waals surface area (Å²) >= 11 is 6.80. The third kappa shape index (κ3) is 4.69. The van der Waals surface area contributed by atoms with Crippen LogP contribution in [0.15, 0.2) is 16.3 Å². The predicted octanol–water partition coefficient (Wildman–Crippen LogP) is 1.74. The molecule has 1 aromatic heterocycles. The minimum Gasteiger partial charge on any atom is -0.481 e. The Morgan fingerprint density at radius 2 is 1.88 bits per heavy atom. The van der Waals surface area contributed by atoms with Crippen LogP contribution in [0.25, 0.3) is 0 Å². The van der Waals surface area contributed by atoms with Crippen LogP contribution < -0.4 is 0 Å². The molecule has 0 unspecified atom stereocenters. The van der Waals surface area contributed by atoms with Crippen molar-refractivity contribution in [1.29, 1.82) is 0 Å². The minimum absolute atomic E-state index is 0.0563. The number of piperazine rings is 1. The molecule has 24 heavy (non-hydrogen) atoms. The summed E-state index contributed by atoms with van der Waals surface area (Å²) in [7, 11) is -3.58. The zero-order valence-electron chi connectivity index (χ0n) is 13.1. The van der Waals surface area contributed by atoms with E-state index < -0.39 is 16.0 Å². The molecule has 1 aliphatic heterocycles. The minimum atomic E-state index is -3.58. The Balaban J connectivity index is 1.91. The lowest BCUT2D eigenvalue weighted by atomic mass is 10.0. The summed E-state index contributed by atoms with van der Waals surface area (Å²) < 4.78 is 26.9. The van der Waals surface area contributed by atoms with Crippen LogP contribution in [0.5, 0.6) is 0 Å². The first kappa shape index (κ1) is 19.2. The average molecular weight is 395 g/mol. The number of aliphatic carboxylic acids is 1. The van der Waals surface area contributed by atoms with Crippen LogP contribution in [0.4, 0.5) is 0 Å². The number of amides is 1. The first-order valence-corrected chi connectivity index (χ1v) is 10.1. The van der Waals surface area contributed by atoms with E-state index in [0.29, 0.717) is 17.4 Å². The highest BCUT2D eigenvalue weighted by molar-refractivity contribution is 7.91. The van der Waals surface area contributed by atoms with Crippen LogP contribution in [0.1, 0.15) is 19.8 Å². The highest BCUT2D eigenvalue weighted by Gasteiger charge is 2.31. The van der Waals surface area contributed by atoms with Crippen LogP contribution in [0.3, 0.4) is 0 Å². The van der Waals surface area contributed by atoms with Crippen molar-refractivity contribution in [3.05, 3.63) is 16.5 Å². The van der Waals surface area contributed by atoms with Gasteiger partial charge in [0.25, 0.3) is 10.0 Å². The van der Waals surface area contributed by atoms with E-state index in [0.717, 1.165) is 11.3 Å². The van der Waals surface area contributed by atoms with E-state index in [9.17, 15) is 18.0 Å². The zero-order chi connectivity index (χ0) is 17.9. The lowest BCUT2D eigenvalue weighted by molar-refractivity contribution is -0.138. The number of carbonyl (C=O) groups is 2. The number of carboxylic acids is 1. The molecular weight excluding hydrogens is 376 g/mol. The standard InChI is InChI=1S/C14H19ClN2O5S2/c1-10(9-13(19)20)8-12(18)16-4-6-17(7-5-16)24(21,22)14-3-2-11(15)23-14/h2-3,10H,4-9H2,1H3,(H,19,20)/t10-/m1/s1. The Morgan fingerprint density at radius 3 is 2.38 bits per heavy atom. The fourth-order valence-electron chi connectivity index (χ4n) is 2.54. The normalized spacial score (nSPS) is 17.7. The zero-order valence-corrected chi connectivity index (χ0v) is 15.5. The topological polar surface area (TPSA) is 95.0 Å². The Morgan fingerprint density at radius 1 is 1.25 bits per heavy atom. The molecule has 1 N–H and O–H groups in total. The highest BCUT2D eigenvalue weighted by Crippen LogP contribution is 2.28. The molecule has 0 bridgehead atoms. The first-order valence-electron chi connectivity index (χ1n) is 7.45. The highest BCUT2D eigenvalue weighted by atomic mass is 35.5. The number of nitrogens with zero attached hydrogens (tertiary/aromatic N) is 2. The number of sulfonamides is 1. The molecule has 0 saturated carbocycles. The summed E-state index contributed by atoms with van der Waals surface area (Å²) in [5.41, 5.74) is 0. The molecule has 0 spiro atoms. The summed E-state index contributed by atoms with van der Waals surface area (Å²) in [4.78, 5) is 24.4. The quantitative estimate of drug-likeness (QED) is 0.792. The maximum Gasteiger partial charge on any atom is 0.303 e. The molecule has 1 saturated heterocycles. The number of hydrogen-bond acceptors (Lipinski definition) is 5. The molecule has 2 heterocycles.